The van der Waals surface area contributed by atoms with E-state index in [1.54, 1.807) is 6.92 Å². The van der Waals surface area contributed by atoms with Crippen LogP contribution in [0.2, 0.25) is 0 Å². The van der Waals surface area contributed by atoms with Crippen molar-refractivity contribution in [3.63, 3.8) is 0 Å². The highest BCUT2D eigenvalue weighted by Crippen LogP contribution is 2.28. The highest BCUT2D eigenvalue weighted by atomic mass is 32.2. The summed E-state index contributed by atoms with van der Waals surface area (Å²) in [5, 5.41) is -0.346. The normalized spacial score (nSPS) is 30.1. The summed E-state index contributed by atoms with van der Waals surface area (Å²) in [6, 6.07) is 0. The summed E-state index contributed by atoms with van der Waals surface area (Å²) >= 11 is 0. The number of aliphatic imine (C=N–C) groups is 1. The van der Waals surface area contributed by atoms with Gasteiger partial charge in [0.1, 0.15) is 11.7 Å². The Labute approximate surface area is 74.6 Å². The summed E-state index contributed by atoms with van der Waals surface area (Å²) in [6.45, 7) is 1.54. The van der Waals surface area contributed by atoms with E-state index in [-0.39, 0.29) is 5.82 Å². The number of carbonyl (C=O) groups excluding carboxylic acids is 1. The Kier molecular flexibility index (Phi) is 1.34. The second-order valence-electron chi connectivity index (χ2n) is 2.85. The van der Waals surface area contributed by atoms with Gasteiger partial charge in [-0.05, 0) is 6.92 Å². The first-order valence-corrected chi connectivity index (χ1v) is 5.14. The molecule has 2 aliphatic heterocycles. The van der Waals surface area contributed by atoms with Gasteiger partial charge in [-0.3, -0.25) is 9.69 Å². The van der Waals surface area contributed by atoms with Gasteiger partial charge in [0, 0.05) is 0 Å². The summed E-state index contributed by atoms with van der Waals surface area (Å²) in [4.78, 5) is 15.9. The minimum atomic E-state index is -3.58. The van der Waals surface area contributed by atoms with Crippen molar-refractivity contribution in [2.45, 2.75) is 12.3 Å². The van der Waals surface area contributed by atoms with Crippen LogP contribution < -0.4 is 5.73 Å². The van der Waals surface area contributed by atoms with Gasteiger partial charge in [0.2, 0.25) is 15.2 Å². The molecule has 70 valence electrons. The summed E-state index contributed by atoms with van der Waals surface area (Å²) in [5.41, 5.74) is 5.42. The van der Waals surface area contributed by atoms with E-state index in [1.165, 1.54) is 4.90 Å². The number of amidine groups is 1. The average Bonchev–Trinajstić information content (AvgIpc) is 2.35. The lowest BCUT2D eigenvalue weighted by Crippen LogP contribution is -2.38. The summed E-state index contributed by atoms with van der Waals surface area (Å²) in [7, 11) is -3.58. The Morgan fingerprint density at radius 1 is 1.62 bits per heavy atom. The highest BCUT2D eigenvalue weighted by Gasteiger charge is 2.48. The molecule has 0 fully saturated rings. The van der Waals surface area contributed by atoms with Crippen LogP contribution in [0.15, 0.2) is 16.2 Å². The van der Waals surface area contributed by atoms with E-state index in [2.05, 4.69) is 4.99 Å². The molecule has 0 aromatic heterocycles. The molecule has 2 aliphatic rings. The van der Waals surface area contributed by atoms with Crippen LogP contribution in [0.5, 0.6) is 0 Å². The molecule has 0 saturated carbocycles. The largest absolute Gasteiger partial charge is 0.384 e. The van der Waals surface area contributed by atoms with E-state index in [9.17, 15) is 13.2 Å². The van der Waals surface area contributed by atoms with Crippen molar-refractivity contribution in [2.75, 3.05) is 0 Å². The average molecular weight is 201 g/mol. The molecule has 2 N–H and O–H groups in total. The van der Waals surface area contributed by atoms with Gasteiger partial charge in [0.05, 0.1) is 5.41 Å². The van der Waals surface area contributed by atoms with E-state index in [4.69, 9.17) is 5.73 Å². The molecule has 6 nitrogen and oxygen atoms in total. The molecule has 2 rings (SSSR count). The van der Waals surface area contributed by atoms with Crippen LogP contribution in [0.4, 0.5) is 0 Å². The topological polar surface area (TPSA) is 92.8 Å². The molecule has 0 aromatic rings. The van der Waals surface area contributed by atoms with Crippen LogP contribution in [0.25, 0.3) is 0 Å². The Morgan fingerprint density at radius 3 is 2.77 bits per heavy atom. The van der Waals surface area contributed by atoms with Gasteiger partial charge in [-0.15, -0.1) is 0 Å². The van der Waals surface area contributed by atoms with Gasteiger partial charge in [0.15, 0.2) is 0 Å². The lowest BCUT2D eigenvalue weighted by molar-refractivity contribution is -0.117. The Hall–Kier alpha value is -1.37. The second-order valence-corrected chi connectivity index (χ2v) is 4.71. The van der Waals surface area contributed by atoms with Crippen molar-refractivity contribution in [3.05, 3.63) is 11.2 Å². The molecule has 0 aromatic carbocycles. The number of sulfone groups is 1. The zero-order valence-electron chi connectivity index (χ0n) is 6.76. The molecule has 7 heteroatoms. The third-order valence-corrected chi connectivity index (χ3v) is 3.55. The number of carbonyl (C=O) groups is 1. The Balaban J connectivity index is 2.60. The fourth-order valence-corrected chi connectivity index (χ4v) is 2.93. The first-order chi connectivity index (χ1) is 5.93. The van der Waals surface area contributed by atoms with Gasteiger partial charge in [-0.25, -0.2) is 8.42 Å². The van der Waals surface area contributed by atoms with Crippen molar-refractivity contribution in [1.29, 1.82) is 0 Å². The third kappa shape index (κ3) is 0.902. The van der Waals surface area contributed by atoms with Gasteiger partial charge in [0.25, 0.3) is 5.91 Å². The number of hydrogen-bond acceptors (Lipinski definition) is 5. The van der Waals surface area contributed by atoms with E-state index < -0.39 is 21.1 Å². The SMILES string of the molecule is CC1=NC(=O)C2N1C(N)=CS2(=O)=O. The van der Waals surface area contributed by atoms with Gasteiger partial charge in [-0.1, -0.05) is 0 Å². The number of nitrogens with zero attached hydrogens (tertiary/aromatic N) is 2. The van der Waals surface area contributed by atoms with Crippen molar-refractivity contribution < 1.29 is 13.2 Å². The maximum Gasteiger partial charge on any atom is 0.286 e. The van der Waals surface area contributed by atoms with Gasteiger partial charge >= 0.3 is 0 Å². The fourth-order valence-electron chi connectivity index (χ4n) is 1.45. The van der Waals surface area contributed by atoms with E-state index in [0.29, 0.717) is 5.84 Å². The molecule has 0 aliphatic carbocycles. The van der Waals surface area contributed by atoms with Crippen LogP contribution in [0, 0.1) is 0 Å². The van der Waals surface area contributed by atoms with Crippen molar-refractivity contribution in [1.82, 2.24) is 4.90 Å². The highest BCUT2D eigenvalue weighted by molar-refractivity contribution is 7.95. The first-order valence-electron chi connectivity index (χ1n) is 3.53. The molecular weight excluding hydrogens is 194 g/mol. The molecule has 0 spiro atoms. The monoisotopic (exact) mass is 201 g/mol. The van der Waals surface area contributed by atoms with Crippen LogP contribution in [0.3, 0.4) is 0 Å². The van der Waals surface area contributed by atoms with Crippen LogP contribution in [0.1, 0.15) is 6.92 Å². The van der Waals surface area contributed by atoms with Crippen molar-refractivity contribution in [3.8, 4) is 0 Å². The molecule has 13 heavy (non-hydrogen) atoms. The van der Waals surface area contributed by atoms with Gasteiger partial charge < -0.3 is 5.73 Å². The van der Waals surface area contributed by atoms with E-state index in [1.807, 2.05) is 0 Å². The van der Waals surface area contributed by atoms with Crippen LogP contribution in [-0.4, -0.2) is 30.4 Å². The predicted molar refractivity (Wildman–Crippen MR) is 44.9 cm³/mol. The molecule has 0 radical (unpaired) electrons. The molecule has 1 unspecified atom stereocenters. The maximum atomic E-state index is 11.3. The van der Waals surface area contributed by atoms with Crippen molar-refractivity contribution in [2.24, 2.45) is 10.7 Å². The van der Waals surface area contributed by atoms with Crippen LogP contribution in [-0.2, 0) is 14.6 Å². The number of amides is 1. The summed E-state index contributed by atoms with van der Waals surface area (Å²) in [6.07, 6.45) is 0. The molecule has 1 amide bonds. The minimum Gasteiger partial charge on any atom is -0.384 e. The quantitative estimate of drug-likeness (QED) is 0.529. The lowest BCUT2D eigenvalue weighted by Gasteiger charge is -2.16. The summed E-state index contributed by atoms with van der Waals surface area (Å²) in [5.74, 6) is -0.295. The predicted octanol–water partition coefficient (Wildman–Crippen LogP) is -1.24. The number of fused-ring (bicyclic) bond motifs is 1. The smallest absolute Gasteiger partial charge is 0.286 e. The Morgan fingerprint density at radius 2 is 2.23 bits per heavy atom. The number of nitrogens with two attached hydrogens (primary N) is 1. The third-order valence-electron chi connectivity index (χ3n) is 1.94. The molecule has 0 saturated heterocycles. The first kappa shape index (κ1) is 8.24. The summed E-state index contributed by atoms with van der Waals surface area (Å²) < 4.78 is 22.6. The van der Waals surface area contributed by atoms with Gasteiger partial charge in [-0.2, -0.15) is 4.99 Å². The van der Waals surface area contributed by atoms with E-state index in [0.717, 1.165) is 5.41 Å². The van der Waals surface area contributed by atoms with Crippen molar-refractivity contribution >= 4 is 21.6 Å². The van der Waals surface area contributed by atoms with E-state index >= 15 is 0 Å². The zero-order valence-corrected chi connectivity index (χ0v) is 7.58. The molecule has 0 bridgehead atoms. The number of hydrogen-bond donors (Lipinski definition) is 1. The minimum absolute atomic E-state index is 0.0529. The standard InChI is InChI=1S/C6H7N3O3S/c1-3-8-5(10)6-9(3)4(7)2-13(6,11)12/h2,6H,7H2,1H3. The number of rotatable bonds is 0. The second kappa shape index (κ2) is 2.11. The molecular formula is C6H7N3O3S. The molecule has 1 atom stereocenters. The zero-order chi connectivity index (χ0) is 9.80. The Bertz CT molecular complexity index is 448. The van der Waals surface area contributed by atoms with Crippen LogP contribution >= 0.6 is 0 Å². The fraction of sp³-hybridized carbons (Fsp3) is 0.333. The lowest BCUT2D eigenvalue weighted by atomic mass is 10.5. The molecule has 2 heterocycles. The maximum absolute atomic E-state index is 11.3.